The van der Waals surface area contributed by atoms with Gasteiger partial charge >= 0.3 is 0 Å². The molecule has 19 heavy (non-hydrogen) atoms. The van der Waals surface area contributed by atoms with Gasteiger partial charge in [0, 0.05) is 24.8 Å². The quantitative estimate of drug-likeness (QED) is 0.634. The Morgan fingerprint density at radius 1 is 1.16 bits per heavy atom. The highest BCUT2D eigenvalue weighted by Gasteiger charge is 1.98. The summed E-state index contributed by atoms with van der Waals surface area (Å²) in [6.45, 7) is 10.4. The van der Waals surface area contributed by atoms with Crippen LogP contribution in [-0.4, -0.2) is 26.2 Å². The Kier molecular flexibility index (Phi) is 8.07. The SMILES string of the molecule is CCCNCCNc1cccc(OCCC(C)C)c1. The molecule has 0 amide bonds. The highest BCUT2D eigenvalue weighted by Crippen LogP contribution is 2.17. The molecule has 0 fully saturated rings. The topological polar surface area (TPSA) is 33.3 Å². The van der Waals surface area contributed by atoms with Crippen molar-refractivity contribution in [2.75, 3.05) is 31.6 Å². The van der Waals surface area contributed by atoms with Gasteiger partial charge in [-0.2, -0.15) is 0 Å². The molecule has 0 heterocycles. The van der Waals surface area contributed by atoms with E-state index in [1.165, 1.54) is 6.42 Å². The molecule has 0 atom stereocenters. The summed E-state index contributed by atoms with van der Waals surface area (Å²) in [5, 5.41) is 6.77. The van der Waals surface area contributed by atoms with Gasteiger partial charge in [0.1, 0.15) is 5.75 Å². The molecular formula is C16H28N2O. The maximum atomic E-state index is 5.75. The molecule has 3 heteroatoms. The summed E-state index contributed by atoms with van der Waals surface area (Å²) in [7, 11) is 0. The van der Waals surface area contributed by atoms with Crippen molar-refractivity contribution >= 4 is 5.69 Å². The third-order valence-electron chi connectivity index (χ3n) is 2.86. The molecular weight excluding hydrogens is 236 g/mol. The predicted octanol–water partition coefficient (Wildman–Crippen LogP) is 3.52. The number of ether oxygens (including phenoxy) is 1. The van der Waals surface area contributed by atoms with Gasteiger partial charge in [0.25, 0.3) is 0 Å². The first kappa shape index (κ1) is 15.8. The maximum Gasteiger partial charge on any atom is 0.121 e. The van der Waals surface area contributed by atoms with E-state index in [1.54, 1.807) is 0 Å². The minimum Gasteiger partial charge on any atom is -0.494 e. The highest BCUT2D eigenvalue weighted by atomic mass is 16.5. The van der Waals surface area contributed by atoms with Crippen molar-refractivity contribution in [3.63, 3.8) is 0 Å². The first-order valence-electron chi connectivity index (χ1n) is 7.39. The number of nitrogens with one attached hydrogen (secondary N) is 2. The van der Waals surface area contributed by atoms with Crippen LogP contribution in [0.1, 0.15) is 33.6 Å². The van der Waals surface area contributed by atoms with Crippen LogP contribution in [0, 0.1) is 5.92 Å². The molecule has 1 aromatic rings. The molecule has 0 saturated heterocycles. The van der Waals surface area contributed by atoms with E-state index in [-0.39, 0.29) is 0 Å². The summed E-state index contributed by atoms with van der Waals surface area (Å²) >= 11 is 0. The number of hydrogen-bond donors (Lipinski definition) is 2. The van der Waals surface area contributed by atoms with Gasteiger partial charge in [0.15, 0.2) is 0 Å². The zero-order valence-corrected chi connectivity index (χ0v) is 12.5. The van der Waals surface area contributed by atoms with E-state index in [1.807, 2.05) is 12.1 Å². The van der Waals surface area contributed by atoms with E-state index in [4.69, 9.17) is 4.74 Å². The second-order valence-corrected chi connectivity index (χ2v) is 5.24. The number of anilines is 1. The van der Waals surface area contributed by atoms with Crippen LogP contribution in [0.2, 0.25) is 0 Å². The van der Waals surface area contributed by atoms with Gasteiger partial charge in [0.05, 0.1) is 6.61 Å². The number of rotatable bonds is 10. The van der Waals surface area contributed by atoms with Crippen molar-refractivity contribution in [2.24, 2.45) is 5.92 Å². The van der Waals surface area contributed by atoms with Crippen LogP contribution in [0.4, 0.5) is 5.69 Å². The van der Waals surface area contributed by atoms with Crippen LogP contribution in [-0.2, 0) is 0 Å². The molecule has 0 aliphatic rings. The third-order valence-corrected chi connectivity index (χ3v) is 2.86. The van der Waals surface area contributed by atoms with Gasteiger partial charge in [-0.3, -0.25) is 0 Å². The molecule has 1 aromatic carbocycles. The van der Waals surface area contributed by atoms with Crippen molar-refractivity contribution in [2.45, 2.75) is 33.6 Å². The van der Waals surface area contributed by atoms with Crippen LogP contribution in [0.15, 0.2) is 24.3 Å². The summed E-state index contributed by atoms with van der Waals surface area (Å²) in [5.41, 5.74) is 1.13. The largest absolute Gasteiger partial charge is 0.494 e. The van der Waals surface area contributed by atoms with Crippen LogP contribution in [0.3, 0.4) is 0 Å². The summed E-state index contributed by atoms with van der Waals surface area (Å²) in [5.74, 6) is 1.64. The highest BCUT2D eigenvalue weighted by molar-refractivity contribution is 5.48. The van der Waals surface area contributed by atoms with Gasteiger partial charge in [-0.15, -0.1) is 0 Å². The fourth-order valence-electron chi connectivity index (χ4n) is 1.71. The van der Waals surface area contributed by atoms with Crippen molar-refractivity contribution < 1.29 is 4.74 Å². The van der Waals surface area contributed by atoms with Crippen LogP contribution in [0.25, 0.3) is 0 Å². The lowest BCUT2D eigenvalue weighted by atomic mass is 10.1. The zero-order valence-electron chi connectivity index (χ0n) is 12.5. The van der Waals surface area contributed by atoms with Crippen LogP contribution in [0.5, 0.6) is 5.75 Å². The summed E-state index contributed by atoms with van der Waals surface area (Å²) in [6.07, 6.45) is 2.28. The van der Waals surface area contributed by atoms with E-state index in [9.17, 15) is 0 Å². The fraction of sp³-hybridized carbons (Fsp3) is 0.625. The van der Waals surface area contributed by atoms with Crippen molar-refractivity contribution in [1.82, 2.24) is 5.32 Å². The normalized spacial score (nSPS) is 10.7. The molecule has 0 aromatic heterocycles. The zero-order chi connectivity index (χ0) is 13.9. The minimum atomic E-state index is 0.686. The maximum absolute atomic E-state index is 5.75. The van der Waals surface area contributed by atoms with E-state index in [0.29, 0.717) is 5.92 Å². The Morgan fingerprint density at radius 3 is 2.74 bits per heavy atom. The summed E-state index contributed by atoms with van der Waals surface area (Å²) in [4.78, 5) is 0. The minimum absolute atomic E-state index is 0.686. The summed E-state index contributed by atoms with van der Waals surface area (Å²) in [6, 6.07) is 8.20. The Hall–Kier alpha value is -1.22. The molecule has 1 rings (SSSR count). The first-order valence-corrected chi connectivity index (χ1v) is 7.39. The van der Waals surface area contributed by atoms with Crippen LogP contribution >= 0.6 is 0 Å². The van der Waals surface area contributed by atoms with Gasteiger partial charge in [-0.25, -0.2) is 0 Å². The average Bonchev–Trinajstić information content (AvgIpc) is 2.39. The monoisotopic (exact) mass is 264 g/mol. The van der Waals surface area contributed by atoms with Gasteiger partial charge in [-0.1, -0.05) is 26.8 Å². The average molecular weight is 264 g/mol. The molecule has 0 bridgehead atoms. The van der Waals surface area contributed by atoms with E-state index >= 15 is 0 Å². The second kappa shape index (κ2) is 9.68. The molecule has 2 N–H and O–H groups in total. The Bertz CT molecular complexity index is 339. The molecule has 0 radical (unpaired) electrons. The fourth-order valence-corrected chi connectivity index (χ4v) is 1.71. The van der Waals surface area contributed by atoms with Crippen LogP contribution < -0.4 is 15.4 Å². The van der Waals surface area contributed by atoms with E-state index in [2.05, 4.69) is 43.5 Å². The Morgan fingerprint density at radius 2 is 2.00 bits per heavy atom. The number of hydrogen-bond acceptors (Lipinski definition) is 3. The molecule has 3 nitrogen and oxygen atoms in total. The predicted molar refractivity (Wildman–Crippen MR) is 83.0 cm³/mol. The lowest BCUT2D eigenvalue weighted by Crippen LogP contribution is -2.22. The van der Waals surface area contributed by atoms with Crippen molar-refractivity contribution in [3.8, 4) is 5.75 Å². The number of benzene rings is 1. The third kappa shape index (κ3) is 7.73. The molecule has 0 saturated carbocycles. The van der Waals surface area contributed by atoms with E-state index in [0.717, 1.165) is 44.1 Å². The van der Waals surface area contributed by atoms with Gasteiger partial charge < -0.3 is 15.4 Å². The lowest BCUT2D eigenvalue weighted by molar-refractivity contribution is 0.289. The first-order chi connectivity index (χ1) is 9.22. The second-order valence-electron chi connectivity index (χ2n) is 5.24. The Balaban J connectivity index is 2.27. The standard InChI is InChI=1S/C16H28N2O/c1-4-9-17-10-11-18-15-6-5-7-16(13-15)19-12-8-14(2)3/h5-7,13-14,17-18H,4,8-12H2,1-3H3. The van der Waals surface area contributed by atoms with Crippen molar-refractivity contribution in [1.29, 1.82) is 0 Å². The van der Waals surface area contributed by atoms with Gasteiger partial charge in [0.2, 0.25) is 0 Å². The van der Waals surface area contributed by atoms with E-state index < -0.39 is 0 Å². The van der Waals surface area contributed by atoms with Crippen molar-refractivity contribution in [3.05, 3.63) is 24.3 Å². The Labute approximate surface area is 117 Å². The summed E-state index contributed by atoms with van der Waals surface area (Å²) < 4.78 is 5.75. The molecule has 108 valence electrons. The smallest absolute Gasteiger partial charge is 0.121 e. The molecule has 0 aliphatic heterocycles. The molecule has 0 spiro atoms. The lowest BCUT2D eigenvalue weighted by Gasteiger charge is -2.11. The molecule has 0 unspecified atom stereocenters. The van der Waals surface area contributed by atoms with Gasteiger partial charge in [-0.05, 0) is 37.4 Å². The molecule has 0 aliphatic carbocycles.